The summed E-state index contributed by atoms with van der Waals surface area (Å²) >= 11 is 0. The Morgan fingerprint density at radius 2 is 1.58 bits per heavy atom. The summed E-state index contributed by atoms with van der Waals surface area (Å²) in [6, 6.07) is 3.37. The van der Waals surface area contributed by atoms with Crippen LogP contribution in [0.5, 0.6) is 0 Å². The second-order valence-corrected chi connectivity index (χ2v) is 6.51. The molecule has 0 bridgehead atoms. The summed E-state index contributed by atoms with van der Waals surface area (Å²) in [5.41, 5.74) is -1.56. The van der Waals surface area contributed by atoms with E-state index in [9.17, 15) is 34.8 Å². The highest BCUT2D eigenvalue weighted by atomic mass is 32.2. The number of sulfonamides is 1. The minimum atomic E-state index is -4.80. The number of rotatable bonds is 4. The fraction of sp³-hybridized carbons (Fsp3) is 0.143. The van der Waals surface area contributed by atoms with E-state index in [1.165, 1.54) is 0 Å². The summed E-state index contributed by atoms with van der Waals surface area (Å²) in [7, 11) is -4.32. The zero-order valence-electron chi connectivity index (χ0n) is 11.7. The van der Waals surface area contributed by atoms with E-state index in [2.05, 4.69) is 0 Å². The van der Waals surface area contributed by atoms with Gasteiger partial charge in [0.1, 0.15) is 5.82 Å². The van der Waals surface area contributed by atoms with Crippen molar-refractivity contribution in [2.45, 2.75) is 17.6 Å². The van der Waals surface area contributed by atoms with Gasteiger partial charge in [-0.3, -0.25) is 0 Å². The molecule has 0 aliphatic rings. The van der Waals surface area contributed by atoms with Crippen LogP contribution < -0.4 is 4.72 Å². The van der Waals surface area contributed by atoms with Gasteiger partial charge < -0.3 is 0 Å². The van der Waals surface area contributed by atoms with Crippen LogP contribution in [0.25, 0.3) is 0 Å². The number of alkyl halides is 3. The van der Waals surface area contributed by atoms with Gasteiger partial charge in [0.25, 0.3) is 0 Å². The van der Waals surface area contributed by atoms with Gasteiger partial charge in [-0.15, -0.1) is 0 Å². The number of hydrogen-bond donors (Lipinski definition) is 1. The van der Waals surface area contributed by atoms with Crippen molar-refractivity contribution in [1.29, 1.82) is 0 Å². The SMILES string of the molecule is O=S(=O)(NCc1cc(F)cc(C(F)(F)F)c1)c1ccc(F)c(F)c1. The third kappa shape index (κ3) is 4.26. The van der Waals surface area contributed by atoms with E-state index in [4.69, 9.17) is 0 Å². The molecule has 0 amide bonds. The van der Waals surface area contributed by atoms with Crippen molar-refractivity contribution in [3.05, 3.63) is 65.0 Å². The van der Waals surface area contributed by atoms with Crippen molar-refractivity contribution in [2.24, 2.45) is 0 Å². The third-order valence-electron chi connectivity index (χ3n) is 2.95. The van der Waals surface area contributed by atoms with Crippen LogP contribution in [0.1, 0.15) is 11.1 Å². The fourth-order valence-electron chi connectivity index (χ4n) is 1.82. The number of hydrogen-bond acceptors (Lipinski definition) is 2. The van der Waals surface area contributed by atoms with Gasteiger partial charge >= 0.3 is 6.18 Å². The van der Waals surface area contributed by atoms with E-state index in [-0.39, 0.29) is 11.6 Å². The van der Waals surface area contributed by atoms with E-state index >= 15 is 0 Å². The standard InChI is InChI=1S/C14H9F6NO2S/c15-10-4-8(3-9(5-10)14(18,19)20)7-21-24(22,23)11-1-2-12(16)13(17)6-11/h1-6,21H,7H2. The van der Waals surface area contributed by atoms with Gasteiger partial charge in [0.2, 0.25) is 10.0 Å². The van der Waals surface area contributed by atoms with Crippen LogP contribution in [0.15, 0.2) is 41.3 Å². The zero-order valence-corrected chi connectivity index (χ0v) is 12.5. The normalized spacial score (nSPS) is 12.4. The Labute approximate surface area is 133 Å². The van der Waals surface area contributed by atoms with Crippen LogP contribution in [0.2, 0.25) is 0 Å². The van der Waals surface area contributed by atoms with Crippen LogP contribution in [0.3, 0.4) is 0 Å². The van der Waals surface area contributed by atoms with Crippen molar-refractivity contribution >= 4 is 10.0 Å². The molecule has 0 aliphatic heterocycles. The average molecular weight is 369 g/mol. The molecule has 2 rings (SSSR count). The van der Waals surface area contributed by atoms with E-state index < -0.39 is 50.7 Å². The number of nitrogens with one attached hydrogen (secondary N) is 1. The highest BCUT2D eigenvalue weighted by Gasteiger charge is 2.31. The molecule has 3 nitrogen and oxygen atoms in total. The third-order valence-corrected chi connectivity index (χ3v) is 4.35. The highest BCUT2D eigenvalue weighted by molar-refractivity contribution is 7.89. The maximum absolute atomic E-state index is 13.2. The lowest BCUT2D eigenvalue weighted by Gasteiger charge is -2.11. The Kier molecular flexibility index (Phi) is 4.90. The molecule has 0 atom stereocenters. The molecule has 0 radical (unpaired) electrons. The van der Waals surface area contributed by atoms with E-state index in [1.807, 2.05) is 4.72 Å². The predicted molar refractivity (Wildman–Crippen MR) is 71.8 cm³/mol. The van der Waals surface area contributed by atoms with Crippen LogP contribution in [0, 0.1) is 17.5 Å². The predicted octanol–water partition coefficient (Wildman–Crippen LogP) is 3.60. The molecule has 0 saturated heterocycles. The monoisotopic (exact) mass is 369 g/mol. The Hall–Kier alpha value is -2.07. The first-order chi connectivity index (χ1) is 11.0. The first-order valence-electron chi connectivity index (χ1n) is 6.30. The molecule has 24 heavy (non-hydrogen) atoms. The largest absolute Gasteiger partial charge is 0.416 e. The van der Waals surface area contributed by atoms with Crippen molar-refractivity contribution in [1.82, 2.24) is 4.72 Å². The van der Waals surface area contributed by atoms with Gasteiger partial charge in [0.05, 0.1) is 10.5 Å². The maximum Gasteiger partial charge on any atom is 0.416 e. The molecule has 0 heterocycles. The van der Waals surface area contributed by atoms with Gasteiger partial charge in [-0.1, -0.05) is 0 Å². The molecule has 2 aromatic carbocycles. The van der Waals surface area contributed by atoms with Crippen molar-refractivity contribution in [3.8, 4) is 0 Å². The lowest BCUT2D eigenvalue weighted by molar-refractivity contribution is -0.137. The zero-order chi connectivity index (χ0) is 18.1. The molecule has 0 fully saturated rings. The summed E-state index contributed by atoms with van der Waals surface area (Å²) < 4.78 is 103. The molecule has 0 spiro atoms. The van der Waals surface area contributed by atoms with Gasteiger partial charge in [-0.2, -0.15) is 13.2 Å². The van der Waals surface area contributed by atoms with Crippen LogP contribution >= 0.6 is 0 Å². The summed E-state index contributed by atoms with van der Waals surface area (Å²) in [6.45, 7) is -0.665. The van der Waals surface area contributed by atoms with Crippen LogP contribution in [-0.4, -0.2) is 8.42 Å². The minimum Gasteiger partial charge on any atom is -0.207 e. The van der Waals surface area contributed by atoms with Crippen LogP contribution in [0.4, 0.5) is 26.3 Å². The summed E-state index contributed by atoms with van der Waals surface area (Å²) in [5, 5.41) is 0. The lowest BCUT2D eigenvalue weighted by atomic mass is 10.1. The maximum atomic E-state index is 13.2. The molecule has 130 valence electrons. The van der Waals surface area contributed by atoms with E-state index in [0.29, 0.717) is 18.2 Å². The Morgan fingerprint density at radius 3 is 2.17 bits per heavy atom. The fourth-order valence-corrected chi connectivity index (χ4v) is 2.85. The average Bonchev–Trinajstić information content (AvgIpc) is 2.46. The topological polar surface area (TPSA) is 46.2 Å². The van der Waals surface area contributed by atoms with Crippen LogP contribution in [-0.2, 0) is 22.7 Å². The molecule has 0 aromatic heterocycles. The molecule has 1 N–H and O–H groups in total. The van der Waals surface area contributed by atoms with E-state index in [1.54, 1.807) is 0 Å². The quantitative estimate of drug-likeness (QED) is 0.837. The number of halogens is 6. The molecule has 2 aromatic rings. The lowest BCUT2D eigenvalue weighted by Crippen LogP contribution is -2.23. The summed E-state index contributed by atoms with van der Waals surface area (Å²) in [5.74, 6) is -3.84. The van der Waals surface area contributed by atoms with Gasteiger partial charge in [0, 0.05) is 6.54 Å². The smallest absolute Gasteiger partial charge is 0.207 e. The first-order valence-corrected chi connectivity index (χ1v) is 7.79. The Morgan fingerprint density at radius 1 is 0.917 bits per heavy atom. The van der Waals surface area contributed by atoms with Crippen molar-refractivity contribution in [3.63, 3.8) is 0 Å². The Bertz CT molecular complexity index is 864. The molecule has 0 saturated carbocycles. The summed E-state index contributed by atoms with van der Waals surface area (Å²) in [6.07, 6.45) is -4.80. The van der Waals surface area contributed by atoms with Crippen molar-refractivity contribution < 1.29 is 34.8 Å². The molecule has 0 aliphatic carbocycles. The van der Waals surface area contributed by atoms with Gasteiger partial charge in [0.15, 0.2) is 11.6 Å². The molecular formula is C14H9F6NO2S. The summed E-state index contributed by atoms with van der Waals surface area (Å²) in [4.78, 5) is -0.617. The van der Waals surface area contributed by atoms with E-state index in [0.717, 1.165) is 12.1 Å². The number of benzene rings is 2. The first kappa shape index (κ1) is 18.3. The van der Waals surface area contributed by atoms with Gasteiger partial charge in [-0.25, -0.2) is 26.3 Å². The van der Waals surface area contributed by atoms with Crippen molar-refractivity contribution in [2.75, 3.05) is 0 Å². The highest BCUT2D eigenvalue weighted by Crippen LogP contribution is 2.30. The Balaban J connectivity index is 2.23. The minimum absolute atomic E-state index is 0.271. The molecule has 0 unspecified atom stereocenters. The van der Waals surface area contributed by atoms with Gasteiger partial charge in [-0.05, 0) is 42.0 Å². The second kappa shape index (κ2) is 6.44. The molecular weight excluding hydrogens is 360 g/mol. The second-order valence-electron chi connectivity index (χ2n) is 4.75. The molecule has 10 heteroatoms.